The lowest BCUT2D eigenvalue weighted by Crippen LogP contribution is -2.34. The number of amides is 1. The lowest BCUT2D eigenvalue weighted by molar-refractivity contribution is -0.140. The maximum atomic E-state index is 13.0. The average Bonchev–Trinajstić information content (AvgIpc) is 2.60. The van der Waals surface area contributed by atoms with Gasteiger partial charge in [0, 0.05) is 6.20 Å². The minimum Gasteiger partial charge on any atom is -0.481 e. The van der Waals surface area contributed by atoms with Crippen molar-refractivity contribution in [1.29, 1.82) is 0 Å². The van der Waals surface area contributed by atoms with Gasteiger partial charge in [0.2, 0.25) is 17.7 Å². The molecule has 2 aromatic heterocycles. The fourth-order valence-corrected chi connectivity index (χ4v) is 3.08. The van der Waals surface area contributed by atoms with Crippen LogP contribution in [0.1, 0.15) is 11.4 Å². The molecule has 0 radical (unpaired) electrons. The number of rotatable bonds is 6. The van der Waals surface area contributed by atoms with Gasteiger partial charge in [0.1, 0.15) is 5.82 Å². The molecule has 9 nitrogen and oxygen atoms in total. The van der Waals surface area contributed by atoms with Gasteiger partial charge in [0.25, 0.3) is 10.0 Å². The number of carbonyl (C=O) groups is 1. The summed E-state index contributed by atoms with van der Waals surface area (Å²) in [7, 11) is -2.27. The molecule has 0 unspecified atom stereocenters. The Hall–Kier alpha value is -2.96. The van der Waals surface area contributed by atoms with Crippen LogP contribution in [-0.4, -0.2) is 43.5 Å². The number of carbonyl (C=O) groups excluding carboxylic acids is 1. The molecule has 0 saturated heterocycles. The van der Waals surface area contributed by atoms with Crippen molar-refractivity contribution in [3.8, 4) is 11.8 Å². The number of ether oxygens (including phenoxy) is 2. The van der Waals surface area contributed by atoms with Crippen LogP contribution in [0, 0.1) is 0 Å². The molecular weight excluding hydrogens is 393 g/mol. The second-order valence-electron chi connectivity index (χ2n) is 4.93. The van der Waals surface area contributed by atoms with Crippen molar-refractivity contribution in [3.05, 3.63) is 35.8 Å². The van der Waals surface area contributed by atoms with E-state index in [0.29, 0.717) is 6.07 Å². The van der Waals surface area contributed by atoms with Gasteiger partial charge in [-0.15, -0.1) is 0 Å². The van der Waals surface area contributed by atoms with Crippen molar-refractivity contribution in [1.82, 2.24) is 19.7 Å². The van der Waals surface area contributed by atoms with E-state index in [0.717, 1.165) is 12.3 Å². The number of nitrogens with zero attached hydrogens (tertiary/aromatic N) is 3. The number of halogens is 3. The van der Waals surface area contributed by atoms with Crippen molar-refractivity contribution in [3.63, 3.8) is 0 Å². The molecule has 1 N–H and O–H groups in total. The molecule has 146 valence electrons. The minimum atomic E-state index is -4.97. The normalized spacial score (nSPS) is 11.7. The highest BCUT2D eigenvalue weighted by Gasteiger charge is 2.38. The van der Waals surface area contributed by atoms with Crippen LogP contribution in [0.5, 0.6) is 11.8 Å². The van der Waals surface area contributed by atoms with Crippen molar-refractivity contribution >= 4 is 15.9 Å². The predicted octanol–water partition coefficient (Wildman–Crippen LogP) is 0.955. The van der Waals surface area contributed by atoms with E-state index >= 15 is 0 Å². The highest BCUT2D eigenvalue weighted by molar-refractivity contribution is 7.90. The molecule has 2 heterocycles. The van der Waals surface area contributed by atoms with Crippen LogP contribution in [0.25, 0.3) is 0 Å². The van der Waals surface area contributed by atoms with Crippen molar-refractivity contribution in [2.75, 3.05) is 14.2 Å². The van der Waals surface area contributed by atoms with Gasteiger partial charge in [-0.05, 0) is 12.1 Å². The molecule has 27 heavy (non-hydrogen) atoms. The third-order valence-electron chi connectivity index (χ3n) is 3.04. The lowest BCUT2D eigenvalue weighted by Gasteiger charge is -2.12. The van der Waals surface area contributed by atoms with Gasteiger partial charge in [-0.1, -0.05) is 0 Å². The zero-order chi connectivity index (χ0) is 20.2. The summed E-state index contributed by atoms with van der Waals surface area (Å²) in [5, 5.41) is -1.31. The molecule has 0 aliphatic heterocycles. The van der Waals surface area contributed by atoms with Crippen LogP contribution < -0.4 is 14.2 Å². The number of pyridine rings is 1. The van der Waals surface area contributed by atoms with Crippen LogP contribution in [-0.2, 0) is 27.4 Å². The predicted molar refractivity (Wildman–Crippen MR) is 83.4 cm³/mol. The van der Waals surface area contributed by atoms with E-state index in [9.17, 15) is 26.4 Å². The van der Waals surface area contributed by atoms with Crippen LogP contribution in [0.15, 0.2) is 29.4 Å². The van der Waals surface area contributed by atoms with Gasteiger partial charge >= 0.3 is 6.18 Å². The second-order valence-corrected chi connectivity index (χ2v) is 6.53. The Bertz CT molecular complexity index is 928. The van der Waals surface area contributed by atoms with E-state index in [4.69, 9.17) is 9.47 Å². The van der Waals surface area contributed by atoms with Gasteiger partial charge < -0.3 is 9.47 Å². The van der Waals surface area contributed by atoms with E-state index in [2.05, 4.69) is 15.0 Å². The van der Waals surface area contributed by atoms with E-state index in [1.54, 1.807) is 0 Å². The molecule has 0 spiro atoms. The highest BCUT2D eigenvalue weighted by Crippen LogP contribution is 2.32. The van der Waals surface area contributed by atoms with Gasteiger partial charge in [-0.3, -0.25) is 4.79 Å². The number of hydrogen-bond acceptors (Lipinski definition) is 8. The van der Waals surface area contributed by atoms with Crippen molar-refractivity contribution < 1.29 is 35.9 Å². The van der Waals surface area contributed by atoms with Crippen molar-refractivity contribution in [2.24, 2.45) is 0 Å². The smallest absolute Gasteiger partial charge is 0.419 e. The lowest BCUT2D eigenvalue weighted by atomic mass is 10.3. The molecule has 0 saturated carbocycles. The summed E-state index contributed by atoms with van der Waals surface area (Å²) in [4.78, 5) is 22.9. The molecule has 0 bridgehead atoms. The van der Waals surface area contributed by atoms with Gasteiger partial charge in [0.15, 0.2) is 5.03 Å². The summed E-state index contributed by atoms with van der Waals surface area (Å²) in [5.41, 5.74) is -1.50. The summed E-state index contributed by atoms with van der Waals surface area (Å²) < 4.78 is 74.5. The first-order valence-corrected chi connectivity index (χ1v) is 8.59. The zero-order valence-corrected chi connectivity index (χ0v) is 14.8. The fourth-order valence-electron chi connectivity index (χ4n) is 1.94. The largest absolute Gasteiger partial charge is 0.481 e. The average molecular weight is 406 g/mol. The molecule has 0 atom stereocenters. The van der Waals surface area contributed by atoms with Gasteiger partial charge in [0.05, 0.1) is 32.3 Å². The Labute approximate surface area is 151 Å². The first kappa shape index (κ1) is 20.4. The Morgan fingerprint density at radius 1 is 1.19 bits per heavy atom. The topological polar surface area (TPSA) is 120 Å². The summed E-state index contributed by atoms with van der Waals surface area (Å²) in [6.45, 7) is 0. The maximum Gasteiger partial charge on any atom is 0.419 e. The van der Waals surface area contributed by atoms with E-state index < -0.39 is 39.1 Å². The molecule has 0 aromatic carbocycles. The number of aromatic nitrogens is 3. The monoisotopic (exact) mass is 406 g/mol. The van der Waals surface area contributed by atoms with Crippen molar-refractivity contribution in [2.45, 2.75) is 17.6 Å². The third kappa shape index (κ3) is 5.03. The summed E-state index contributed by atoms with van der Waals surface area (Å²) in [6.07, 6.45) is -4.75. The summed E-state index contributed by atoms with van der Waals surface area (Å²) in [6, 6.07) is 2.80. The Morgan fingerprint density at radius 3 is 2.30 bits per heavy atom. The first-order valence-electron chi connectivity index (χ1n) is 7.10. The van der Waals surface area contributed by atoms with Crippen LogP contribution in [0.3, 0.4) is 0 Å². The summed E-state index contributed by atoms with van der Waals surface area (Å²) in [5.74, 6) is -1.21. The number of hydrogen-bond donors (Lipinski definition) is 1. The van der Waals surface area contributed by atoms with Crippen LogP contribution in [0.2, 0.25) is 0 Å². The summed E-state index contributed by atoms with van der Waals surface area (Å²) >= 11 is 0. The molecule has 2 aromatic rings. The SMILES string of the molecule is COc1cc(OC)nc(CC(=O)NS(=O)(=O)c2ncccc2C(F)(F)F)n1. The van der Waals surface area contributed by atoms with Crippen LogP contribution in [0.4, 0.5) is 13.2 Å². The number of methoxy groups -OCH3 is 2. The quantitative estimate of drug-likeness (QED) is 0.753. The molecule has 13 heteroatoms. The molecule has 0 aliphatic carbocycles. The van der Waals surface area contributed by atoms with Gasteiger partial charge in [-0.25, -0.2) is 9.71 Å². The Morgan fingerprint density at radius 2 is 1.78 bits per heavy atom. The molecular formula is C14H13F3N4O5S. The number of alkyl halides is 3. The molecule has 0 aliphatic rings. The molecule has 2 rings (SSSR count). The fraction of sp³-hybridized carbons (Fsp3) is 0.286. The zero-order valence-electron chi connectivity index (χ0n) is 13.9. The number of sulfonamides is 1. The minimum absolute atomic E-state index is 0.0524. The second kappa shape index (κ2) is 7.73. The first-order chi connectivity index (χ1) is 12.6. The van der Waals surface area contributed by atoms with Gasteiger partial charge in [-0.2, -0.15) is 31.6 Å². The van der Waals surface area contributed by atoms with E-state index in [1.807, 2.05) is 0 Å². The van der Waals surface area contributed by atoms with Crippen LogP contribution >= 0.6 is 0 Å². The van der Waals surface area contributed by atoms with E-state index in [-0.39, 0.29) is 17.6 Å². The number of nitrogens with one attached hydrogen (secondary N) is 1. The molecule has 0 fully saturated rings. The maximum absolute atomic E-state index is 13.0. The third-order valence-corrected chi connectivity index (χ3v) is 4.37. The Kier molecular flexibility index (Phi) is 5.83. The molecule has 1 amide bonds. The Balaban J connectivity index is 2.26. The van der Waals surface area contributed by atoms with E-state index in [1.165, 1.54) is 25.0 Å². The standard InChI is InChI=1S/C14H13F3N4O5S/c1-25-11-7-12(26-2)20-9(19-11)6-10(22)21-27(23,24)13-8(14(15,16)17)4-3-5-18-13/h3-5,7H,6H2,1-2H3,(H,21,22). The highest BCUT2D eigenvalue weighted by atomic mass is 32.2.